The average Bonchev–Trinajstić information content (AvgIpc) is 2.87. The average molecular weight is 415 g/mol. The molecule has 0 fully saturated rings. The van der Waals surface area contributed by atoms with Crippen molar-refractivity contribution < 1.29 is 33.6 Å². The van der Waals surface area contributed by atoms with Gasteiger partial charge in [-0.2, -0.15) is 0 Å². The van der Waals surface area contributed by atoms with Gasteiger partial charge in [-0.05, 0) is 47.7 Å². The number of carbonyl (C=O) groups is 2. The topological polar surface area (TPSA) is 103 Å². The Morgan fingerprint density at radius 1 is 0.967 bits per heavy atom. The van der Waals surface area contributed by atoms with Crippen molar-refractivity contribution in [2.45, 2.75) is 25.8 Å². The van der Waals surface area contributed by atoms with Crippen LogP contribution in [0.25, 0.3) is 11.1 Å². The fraction of sp³-hybridized carbons (Fsp3) is 0.364. The monoisotopic (exact) mass is 415 g/mol. The van der Waals surface area contributed by atoms with Crippen LogP contribution in [0.15, 0.2) is 18.2 Å². The van der Waals surface area contributed by atoms with Gasteiger partial charge in [-0.25, -0.2) is 4.79 Å². The number of rotatable bonds is 6. The molecule has 2 N–H and O–H groups in total. The van der Waals surface area contributed by atoms with Gasteiger partial charge in [-0.1, -0.05) is 0 Å². The number of methoxy groups -OCH3 is 4. The van der Waals surface area contributed by atoms with E-state index in [1.54, 1.807) is 19.2 Å². The first-order valence-electron chi connectivity index (χ1n) is 9.40. The molecule has 0 spiro atoms. The maximum Gasteiger partial charge on any atom is 0.339 e. The summed E-state index contributed by atoms with van der Waals surface area (Å²) in [6.45, 7) is 1.45. The minimum atomic E-state index is -1.11. The predicted octanol–water partition coefficient (Wildman–Crippen LogP) is 3.21. The van der Waals surface area contributed by atoms with E-state index in [4.69, 9.17) is 18.9 Å². The van der Waals surface area contributed by atoms with Crippen LogP contribution in [0.2, 0.25) is 0 Å². The van der Waals surface area contributed by atoms with Crippen LogP contribution in [0.4, 0.5) is 0 Å². The molecule has 1 aliphatic rings. The van der Waals surface area contributed by atoms with E-state index in [1.165, 1.54) is 28.3 Å². The van der Waals surface area contributed by atoms with Gasteiger partial charge in [0.15, 0.2) is 11.5 Å². The molecule has 0 heterocycles. The van der Waals surface area contributed by atoms with Crippen molar-refractivity contribution >= 4 is 11.9 Å². The van der Waals surface area contributed by atoms with Crippen LogP contribution in [0.3, 0.4) is 0 Å². The molecule has 3 rings (SSSR count). The van der Waals surface area contributed by atoms with Crippen LogP contribution in [-0.4, -0.2) is 45.4 Å². The van der Waals surface area contributed by atoms with Crippen molar-refractivity contribution in [3.63, 3.8) is 0 Å². The van der Waals surface area contributed by atoms with Gasteiger partial charge in [0.25, 0.3) is 0 Å². The zero-order valence-electron chi connectivity index (χ0n) is 17.6. The summed E-state index contributed by atoms with van der Waals surface area (Å²) in [5.74, 6) is 0.295. The van der Waals surface area contributed by atoms with Gasteiger partial charge in [-0.3, -0.25) is 4.79 Å². The fourth-order valence-electron chi connectivity index (χ4n) is 3.99. The molecule has 2 aromatic rings. The van der Waals surface area contributed by atoms with Crippen molar-refractivity contribution in [2.75, 3.05) is 28.4 Å². The molecule has 0 saturated heterocycles. The Balaban J connectivity index is 2.41. The number of carboxylic acid groups (broad SMARTS) is 1. The van der Waals surface area contributed by atoms with Crippen molar-refractivity contribution in [3.05, 3.63) is 34.9 Å². The molecular formula is C22H25NO7. The van der Waals surface area contributed by atoms with Crippen LogP contribution in [0.5, 0.6) is 23.0 Å². The van der Waals surface area contributed by atoms with Gasteiger partial charge >= 0.3 is 5.97 Å². The van der Waals surface area contributed by atoms with Crippen LogP contribution < -0.4 is 24.3 Å². The van der Waals surface area contributed by atoms with E-state index in [2.05, 4.69) is 5.32 Å². The van der Waals surface area contributed by atoms with Gasteiger partial charge in [-0.15, -0.1) is 0 Å². The Hall–Kier alpha value is -3.42. The molecule has 8 heteroatoms. The van der Waals surface area contributed by atoms with E-state index in [0.717, 1.165) is 11.1 Å². The number of aromatic carboxylic acids is 1. The summed E-state index contributed by atoms with van der Waals surface area (Å²) in [4.78, 5) is 23.7. The second-order valence-corrected chi connectivity index (χ2v) is 6.92. The van der Waals surface area contributed by atoms with Gasteiger partial charge in [0.1, 0.15) is 11.3 Å². The third kappa shape index (κ3) is 3.60. The predicted molar refractivity (Wildman–Crippen MR) is 110 cm³/mol. The van der Waals surface area contributed by atoms with Crippen molar-refractivity contribution in [1.29, 1.82) is 0 Å². The number of carbonyl (C=O) groups excluding carboxylic acids is 1. The molecule has 1 unspecified atom stereocenters. The number of amides is 1. The lowest BCUT2D eigenvalue weighted by Crippen LogP contribution is -2.26. The summed E-state index contributed by atoms with van der Waals surface area (Å²) in [5.41, 5.74) is 3.01. The zero-order chi connectivity index (χ0) is 22.0. The smallest absolute Gasteiger partial charge is 0.339 e. The van der Waals surface area contributed by atoms with Crippen molar-refractivity contribution in [1.82, 2.24) is 5.32 Å². The molecule has 0 radical (unpaired) electrons. The molecule has 0 aromatic heterocycles. The van der Waals surface area contributed by atoms with Gasteiger partial charge in [0.05, 0.1) is 34.5 Å². The first kappa shape index (κ1) is 21.3. The van der Waals surface area contributed by atoms with Crippen LogP contribution in [0.1, 0.15) is 40.9 Å². The molecule has 1 aliphatic carbocycles. The Morgan fingerprint density at radius 2 is 1.63 bits per heavy atom. The van der Waals surface area contributed by atoms with E-state index in [0.29, 0.717) is 41.2 Å². The highest BCUT2D eigenvalue weighted by molar-refractivity contribution is 5.95. The van der Waals surface area contributed by atoms with Crippen LogP contribution in [0, 0.1) is 0 Å². The summed E-state index contributed by atoms with van der Waals surface area (Å²) < 4.78 is 22.0. The number of hydrogen-bond acceptors (Lipinski definition) is 6. The molecule has 0 bridgehead atoms. The second-order valence-electron chi connectivity index (χ2n) is 6.92. The fourth-order valence-corrected chi connectivity index (χ4v) is 3.99. The standard InChI is InChI=1S/C22H25NO7/c1-11(24)23-16-7-6-12-8-18(28-3)20(29-4)21(30-5)19(12)14-9-15(22(25)26)17(27-2)10-13(14)16/h8-10,16H,6-7H2,1-5H3,(H,23,24)(H,25,26). The normalized spacial score (nSPS) is 14.6. The molecule has 160 valence electrons. The lowest BCUT2D eigenvalue weighted by molar-refractivity contribution is -0.119. The van der Waals surface area contributed by atoms with E-state index < -0.39 is 5.97 Å². The lowest BCUT2D eigenvalue weighted by atomic mass is 9.91. The van der Waals surface area contributed by atoms with Gasteiger partial charge < -0.3 is 29.4 Å². The number of nitrogens with one attached hydrogen (secondary N) is 1. The Morgan fingerprint density at radius 3 is 2.17 bits per heavy atom. The third-order valence-electron chi connectivity index (χ3n) is 5.24. The number of fused-ring (bicyclic) bond motifs is 3. The molecule has 30 heavy (non-hydrogen) atoms. The number of aryl methyl sites for hydroxylation is 1. The maximum absolute atomic E-state index is 11.9. The van der Waals surface area contributed by atoms with E-state index >= 15 is 0 Å². The van der Waals surface area contributed by atoms with Crippen LogP contribution >= 0.6 is 0 Å². The number of ether oxygens (including phenoxy) is 4. The minimum absolute atomic E-state index is 0.0162. The van der Waals surface area contributed by atoms with Crippen molar-refractivity contribution in [2.24, 2.45) is 0 Å². The van der Waals surface area contributed by atoms with E-state index in [-0.39, 0.29) is 23.3 Å². The Bertz CT molecular complexity index is 1000. The SMILES string of the molecule is COc1cc2c(cc1C(=O)O)-c1c(cc(OC)c(OC)c1OC)CCC2NC(C)=O. The molecule has 1 atom stereocenters. The largest absolute Gasteiger partial charge is 0.496 e. The quantitative estimate of drug-likeness (QED) is 0.747. The summed E-state index contributed by atoms with van der Waals surface area (Å²) in [5, 5.41) is 12.7. The van der Waals surface area contributed by atoms with Crippen LogP contribution in [-0.2, 0) is 11.2 Å². The minimum Gasteiger partial charge on any atom is -0.496 e. The number of benzene rings is 2. The first-order valence-corrected chi connectivity index (χ1v) is 9.40. The molecule has 2 aromatic carbocycles. The van der Waals surface area contributed by atoms with Gasteiger partial charge in [0, 0.05) is 12.5 Å². The second kappa shape index (κ2) is 8.52. The molecule has 8 nitrogen and oxygen atoms in total. The van der Waals surface area contributed by atoms with Gasteiger partial charge in [0.2, 0.25) is 11.7 Å². The summed E-state index contributed by atoms with van der Waals surface area (Å²) in [6, 6.07) is 4.76. The van der Waals surface area contributed by atoms with E-state index in [9.17, 15) is 14.7 Å². The highest BCUT2D eigenvalue weighted by Crippen LogP contribution is 2.51. The molecular weight excluding hydrogens is 390 g/mol. The Kier molecular flexibility index (Phi) is 6.05. The number of hydrogen-bond donors (Lipinski definition) is 2. The van der Waals surface area contributed by atoms with Crippen molar-refractivity contribution in [3.8, 4) is 34.1 Å². The zero-order valence-corrected chi connectivity index (χ0v) is 17.6. The third-order valence-corrected chi connectivity index (χ3v) is 5.24. The maximum atomic E-state index is 11.9. The number of carboxylic acids is 1. The highest BCUT2D eigenvalue weighted by Gasteiger charge is 2.31. The van der Waals surface area contributed by atoms with E-state index in [1.807, 2.05) is 6.07 Å². The summed E-state index contributed by atoms with van der Waals surface area (Å²) in [6.07, 6.45) is 1.21. The molecule has 0 aliphatic heterocycles. The summed E-state index contributed by atoms with van der Waals surface area (Å²) >= 11 is 0. The summed E-state index contributed by atoms with van der Waals surface area (Å²) in [7, 11) is 6.00. The Labute approximate surface area is 174 Å². The lowest BCUT2D eigenvalue weighted by Gasteiger charge is -2.22. The first-order chi connectivity index (χ1) is 14.4. The molecule has 1 amide bonds. The highest BCUT2D eigenvalue weighted by atomic mass is 16.5. The molecule has 0 saturated carbocycles.